The highest BCUT2D eigenvalue weighted by Gasteiger charge is 2.13. The van der Waals surface area contributed by atoms with Crippen molar-refractivity contribution in [1.29, 1.82) is 0 Å². The molecule has 1 aromatic carbocycles. The average molecular weight is 276 g/mol. The van der Waals surface area contributed by atoms with Crippen molar-refractivity contribution in [3.05, 3.63) is 52.5 Å². The molecule has 6 nitrogen and oxygen atoms in total. The van der Waals surface area contributed by atoms with E-state index in [1.165, 1.54) is 18.1 Å². The maximum Gasteiger partial charge on any atom is 0.292 e. The van der Waals surface area contributed by atoms with Gasteiger partial charge in [0.15, 0.2) is 0 Å². The van der Waals surface area contributed by atoms with Crippen molar-refractivity contribution in [1.82, 2.24) is 9.97 Å². The van der Waals surface area contributed by atoms with Crippen LogP contribution in [0.15, 0.2) is 41.8 Å². The fourth-order valence-corrected chi connectivity index (χ4v) is 2.32. The lowest BCUT2D eigenvalue weighted by molar-refractivity contribution is -0.384. The Morgan fingerprint density at radius 2 is 2.26 bits per heavy atom. The summed E-state index contributed by atoms with van der Waals surface area (Å²) in [4.78, 5) is 18.5. The number of rotatable bonds is 5. The Bertz CT molecular complexity index is 577. The van der Waals surface area contributed by atoms with Crippen molar-refractivity contribution in [2.45, 2.75) is 10.8 Å². The molecular weight excluding hydrogens is 264 g/mol. The number of nitrogens with one attached hydrogen (secondary N) is 1. The molecule has 0 spiro atoms. The van der Waals surface area contributed by atoms with E-state index in [9.17, 15) is 10.1 Å². The molecule has 0 amide bonds. The number of nitro groups is 1. The zero-order chi connectivity index (χ0) is 13.7. The van der Waals surface area contributed by atoms with Crippen LogP contribution < -0.4 is 5.32 Å². The van der Waals surface area contributed by atoms with E-state index < -0.39 is 0 Å². The molecule has 0 unspecified atom stereocenters. The van der Waals surface area contributed by atoms with E-state index in [0.717, 1.165) is 10.6 Å². The van der Waals surface area contributed by atoms with Crippen LogP contribution in [0.3, 0.4) is 0 Å². The van der Waals surface area contributed by atoms with E-state index in [-0.39, 0.29) is 10.6 Å². The molecule has 0 aliphatic heterocycles. The Kier molecular flexibility index (Phi) is 4.30. The molecule has 0 saturated carbocycles. The first kappa shape index (κ1) is 13.3. The van der Waals surface area contributed by atoms with E-state index in [0.29, 0.717) is 11.4 Å². The maximum absolute atomic E-state index is 10.9. The van der Waals surface area contributed by atoms with Gasteiger partial charge in [-0.3, -0.25) is 10.1 Å². The van der Waals surface area contributed by atoms with E-state index in [1.807, 2.05) is 6.07 Å². The van der Waals surface area contributed by atoms with Gasteiger partial charge in [-0.1, -0.05) is 6.07 Å². The first-order valence-electron chi connectivity index (χ1n) is 5.54. The second kappa shape index (κ2) is 6.14. The summed E-state index contributed by atoms with van der Waals surface area (Å²) >= 11 is 1.51. The summed E-state index contributed by atoms with van der Waals surface area (Å²) in [7, 11) is 1.66. The monoisotopic (exact) mass is 276 g/mol. The fourth-order valence-electron chi connectivity index (χ4n) is 1.55. The lowest BCUT2D eigenvalue weighted by Crippen LogP contribution is -1.97. The quantitative estimate of drug-likeness (QED) is 0.391. The van der Waals surface area contributed by atoms with E-state index in [1.54, 1.807) is 31.4 Å². The number of aromatic nitrogens is 2. The molecule has 98 valence electrons. The molecule has 19 heavy (non-hydrogen) atoms. The predicted octanol–water partition coefficient (Wildman–Crippen LogP) is 2.72. The second-order valence-corrected chi connectivity index (χ2v) is 4.69. The number of nitrogens with zero attached hydrogens (tertiary/aromatic N) is 3. The summed E-state index contributed by atoms with van der Waals surface area (Å²) in [5.74, 6) is 0.627. The van der Waals surface area contributed by atoms with Crippen LogP contribution in [0, 0.1) is 10.1 Å². The highest BCUT2D eigenvalue weighted by atomic mass is 32.2. The van der Waals surface area contributed by atoms with Crippen LogP contribution in [0.2, 0.25) is 0 Å². The van der Waals surface area contributed by atoms with Crippen molar-refractivity contribution >= 4 is 23.1 Å². The summed E-state index contributed by atoms with van der Waals surface area (Å²) in [6.07, 6.45) is 3.15. The molecule has 2 rings (SSSR count). The summed E-state index contributed by atoms with van der Waals surface area (Å²) in [6, 6.07) is 6.97. The van der Waals surface area contributed by atoms with Crippen LogP contribution in [0.5, 0.6) is 0 Å². The summed E-state index contributed by atoms with van der Waals surface area (Å²) in [5.41, 5.74) is 1.48. The molecular formula is C12H12N4O2S. The van der Waals surface area contributed by atoms with Gasteiger partial charge in [0.2, 0.25) is 0 Å². The normalized spacial score (nSPS) is 10.2. The third-order valence-corrected chi connectivity index (χ3v) is 3.48. The van der Waals surface area contributed by atoms with Gasteiger partial charge in [-0.05, 0) is 17.7 Å². The summed E-state index contributed by atoms with van der Waals surface area (Å²) < 4.78 is 0. The van der Waals surface area contributed by atoms with Gasteiger partial charge >= 0.3 is 0 Å². The van der Waals surface area contributed by atoms with Crippen molar-refractivity contribution in [3.63, 3.8) is 0 Å². The Hall–Kier alpha value is -2.15. The molecule has 1 heterocycles. The number of thioether (sulfide) groups is 1. The largest absolute Gasteiger partial charge is 0.383 e. The average Bonchev–Trinajstić information content (AvgIpc) is 2.46. The molecule has 0 aliphatic rings. The van der Waals surface area contributed by atoms with Gasteiger partial charge in [-0.2, -0.15) is 0 Å². The standard InChI is InChI=1S/C12H12N4O2S/c1-13-10-3-2-9(6-11(10)16(17)18)7-19-12-4-5-14-8-15-12/h2-6,8,13H,7H2,1H3. The first-order chi connectivity index (χ1) is 9.20. The van der Waals surface area contributed by atoms with Gasteiger partial charge < -0.3 is 5.32 Å². The van der Waals surface area contributed by atoms with E-state index in [4.69, 9.17) is 0 Å². The third kappa shape index (κ3) is 3.41. The van der Waals surface area contributed by atoms with Crippen LogP contribution >= 0.6 is 11.8 Å². The van der Waals surface area contributed by atoms with Crippen LogP contribution in [0.4, 0.5) is 11.4 Å². The highest BCUT2D eigenvalue weighted by Crippen LogP contribution is 2.28. The predicted molar refractivity (Wildman–Crippen MR) is 74.2 cm³/mol. The minimum atomic E-state index is -0.384. The first-order valence-corrected chi connectivity index (χ1v) is 6.53. The van der Waals surface area contributed by atoms with Gasteiger partial charge in [-0.25, -0.2) is 9.97 Å². The molecule has 0 fully saturated rings. The maximum atomic E-state index is 10.9. The van der Waals surface area contributed by atoms with Crippen molar-refractivity contribution in [3.8, 4) is 0 Å². The minimum absolute atomic E-state index is 0.0864. The lowest BCUT2D eigenvalue weighted by Gasteiger charge is -2.05. The van der Waals surface area contributed by atoms with Gasteiger partial charge in [0.05, 0.1) is 9.95 Å². The molecule has 0 atom stereocenters. The van der Waals surface area contributed by atoms with E-state index in [2.05, 4.69) is 15.3 Å². The third-order valence-electron chi connectivity index (χ3n) is 2.47. The number of benzene rings is 1. The van der Waals surface area contributed by atoms with E-state index >= 15 is 0 Å². The zero-order valence-corrected chi connectivity index (χ0v) is 11.1. The molecule has 0 aliphatic carbocycles. The van der Waals surface area contributed by atoms with Gasteiger partial charge in [0.1, 0.15) is 12.0 Å². The Morgan fingerprint density at radius 1 is 1.42 bits per heavy atom. The van der Waals surface area contributed by atoms with Crippen LogP contribution in [-0.2, 0) is 5.75 Å². The van der Waals surface area contributed by atoms with Crippen molar-refractivity contribution in [2.75, 3.05) is 12.4 Å². The Labute approximate surface area is 114 Å². The molecule has 1 aromatic heterocycles. The molecule has 0 saturated heterocycles. The smallest absolute Gasteiger partial charge is 0.292 e. The van der Waals surface area contributed by atoms with Crippen molar-refractivity contribution in [2.24, 2.45) is 0 Å². The zero-order valence-electron chi connectivity index (χ0n) is 10.2. The van der Waals surface area contributed by atoms with Crippen LogP contribution in [0.1, 0.15) is 5.56 Å². The van der Waals surface area contributed by atoms with Gasteiger partial charge in [0.25, 0.3) is 5.69 Å². The summed E-state index contributed by atoms with van der Waals surface area (Å²) in [6.45, 7) is 0. The summed E-state index contributed by atoms with van der Waals surface area (Å²) in [5, 5.41) is 14.6. The molecule has 7 heteroatoms. The second-order valence-electron chi connectivity index (χ2n) is 3.69. The van der Waals surface area contributed by atoms with Crippen LogP contribution in [0.25, 0.3) is 0 Å². The number of anilines is 1. The SMILES string of the molecule is CNc1ccc(CSc2ccncn2)cc1[N+](=O)[O-]. The number of hydrogen-bond donors (Lipinski definition) is 1. The fraction of sp³-hybridized carbons (Fsp3) is 0.167. The molecule has 1 N–H and O–H groups in total. The topological polar surface area (TPSA) is 81.0 Å². The number of hydrogen-bond acceptors (Lipinski definition) is 6. The lowest BCUT2D eigenvalue weighted by atomic mass is 10.2. The Morgan fingerprint density at radius 3 is 2.89 bits per heavy atom. The molecule has 2 aromatic rings. The highest BCUT2D eigenvalue weighted by molar-refractivity contribution is 7.98. The molecule has 0 radical (unpaired) electrons. The van der Waals surface area contributed by atoms with Gasteiger partial charge in [0, 0.05) is 25.1 Å². The number of nitro benzene ring substituents is 1. The van der Waals surface area contributed by atoms with Gasteiger partial charge in [-0.15, -0.1) is 11.8 Å². The van der Waals surface area contributed by atoms with Crippen molar-refractivity contribution < 1.29 is 4.92 Å². The molecule has 0 bridgehead atoms. The minimum Gasteiger partial charge on any atom is -0.383 e. The van der Waals surface area contributed by atoms with Crippen LogP contribution in [-0.4, -0.2) is 21.9 Å². The Balaban J connectivity index is 2.13.